The lowest BCUT2D eigenvalue weighted by Gasteiger charge is -2.33. The van der Waals surface area contributed by atoms with E-state index in [4.69, 9.17) is 4.74 Å². The molecule has 1 aliphatic rings. The van der Waals surface area contributed by atoms with Gasteiger partial charge in [0.1, 0.15) is 11.9 Å². The zero-order valence-corrected chi connectivity index (χ0v) is 12.6. The third-order valence-electron chi connectivity index (χ3n) is 3.94. The molecule has 3 heterocycles. The van der Waals surface area contributed by atoms with Crippen LogP contribution in [0.1, 0.15) is 17.3 Å². The van der Waals surface area contributed by atoms with Gasteiger partial charge in [0.25, 0.3) is 5.91 Å². The second-order valence-electron chi connectivity index (χ2n) is 5.56. The zero-order chi connectivity index (χ0) is 15.8. The molecule has 0 N–H and O–H groups in total. The van der Waals surface area contributed by atoms with E-state index in [0.29, 0.717) is 12.1 Å². The summed E-state index contributed by atoms with van der Waals surface area (Å²) in [6.07, 6.45) is 4.96. The number of fused-ring (bicyclic) bond motifs is 2. The lowest BCUT2D eigenvalue weighted by Crippen LogP contribution is -2.42. The molecule has 0 bridgehead atoms. The molecule has 23 heavy (non-hydrogen) atoms. The van der Waals surface area contributed by atoms with E-state index in [1.54, 1.807) is 29.6 Å². The van der Waals surface area contributed by atoms with Gasteiger partial charge < -0.3 is 9.64 Å². The second kappa shape index (κ2) is 5.35. The molecule has 0 saturated heterocycles. The number of benzene rings is 1. The molecule has 3 aromatic rings. The monoisotopic (exact) mass is 305 g/mol. The highest BCUT2D eigenvalue weighted by atomic mass is 16.5. The molecule has 1 unspecified atom stereocenters. The highest BCUT2D eigenvalue weighted by Crippen LogP contribution is 2.34. The molecule has 0 spiro atoms. The Bertz CT molecular complexity index is 889. The van der Waals surface area contributed by atoms with E-state index in [-0.39, 0.29) is 12.0 Å². The van der Waals surface area contributed by atoms with Gasteiger partial charge in [0.2, 0.25) is 0 Å². The van der Waals surface area contributed by atoms with Crippen molar-refractivity contribution in [2.45, 2.75) is 13.0 Å². The first-order chi connectivity index (χ1) is 11.2. The van der Waals surface area contributed by atoms with Gasteiger partial charge >= 0.3 is 0 Å². The summed E-state index contributed by atoms with van der Waals surface area (Å²) in [5.74, 6) is 0.670. The van der Waals surface area contributed by atoms with Gasteiger partial charge in [-0.2, -0.15) is 0 Å². The number of ether oxygens (including phenoxy) is 1. The second-order valence-corrected chi connectivity index (χ2v) is 5.56. The Labute approximate surface area is 133 Å². The molecule has 0 radical (unpaired) electrons. The Morgan fingerprint density at radius 3 is 3.00 bits per heavy atom. The van der Waals surface area contributed by atoms with Crippen LogP contribution in [0.25, 0.3) is 10.9 Å². The van der Waals surface area contributed by atoms with Crippen molar-refractivity contribution in [1.29, 1.82) is 0 Å². The number of rotatable bonds is 1. The van der Waals surface area contributed by atoms with Crippen molar-refractivity contribution in [3.05, 3.63) is 60.6 Å². The molecule has 4 rings (SSSR count). The van der Waals surface area contributed by atoms with Crippen molar-refractivity contribution < 1.29 is 9.53 Å². The minimum absolute atomic E-state index is 0.0555. The van der Waals surface area contributed by atoms with E-state index in [0.717, 1.165) is 22.3 Å². The molecule has 114 valence electrons. The van der Waals surface area contributed by atoms with Crippen molar-refractivity contribution in [2.75, 3.05) is 11.4 Å². The van der Waals surface area contributed by atoms with Crippen molar-refractivity contribution in [3.63, 3.8) is 0 Å². The van der Waals surface area contributed by atoms with E-state index < -0.39 is 0 Å². The third-order valence-corrected chi connectivity index (χ3v) is 3.94. The van der Waals surface area contributed by atoms with Gasteiger partial charge in [-0.25, -0.2) is 0 Å². The first-order valence-electron chi connectivity index (χ1n) is 7.50. The Hall–Kier alpha value is -2.95. The van der Waals surface area contributed by atoms with E-state index in [1.165, 1.54) is 0 Å². The molecule has 1 amide bonds. The van der Waals surface area contributed by atoms with E-state index in [1.807, 2.05) is 37.3 Å². The highest BCUT2D eigenvalue weighted by molar-refractivity contribution is 6.14. The molecule has 1 atom stereocenters. The molecule has 2 aromatic heterocycles. The van der Waals surface area contributed by atoms with E-state index in [2.05, 4.69) is 9.97 Å². The number of aromatic nitrogens is 2. The number of carbonyl (C=O) groups excluding carboxylic acids is 1. The normalized spacial score (nSPS) is 16.7. The SMILES string of the molecule is CC1CN(C(=O)c2ccnc3ccncc23)c2ccccc2O1. The van der Waals surface area contributed by atoms with Crippen molar-refractivity contribution in [1.82, 2.24) is 9.97 Å². The largest absolute Gasteiger partial charge is 0.487 e. The van der Waals surface area contributed by atoms with Gasteiger partial charge in [0, 0.05) is 24.0 Å². The molecule has 0 saturated carbocycles. The molecule has 0 fully saturated rings. The van der Waals surface area contributed by atoms with E-state index in [9.17, 15) is 4.79 Å². The van der Waals surface area contributed by atoms with Crippen molar-refractivity contribution in [2.24, 2.45) is 0 Å². The summed E-state index contributed by atoms with van der Waals surface area (Å²) in [4.78, 5) is 23.3. The topological polar surface area (TPSA) is 55.3 Å². The molecule has 0 aliphatic carbocycles. The number of pyridine rings is 2. The third kappa shape index (κ3) is 2.30. The summed E-state index contributed by atoms with van der Waals surface area (Å²) >= 11 is 0. The van der Waals surface area contributed by atoms with Crippen molar-refractivity contribution in [3.8, 4) is 5.75 Å². The van der Waals surface area contributed by atoms with Crippen LogP contribution in [0.5, 0.6) is 5.75 Å². The lowest BCUT2D eigenvalue weighted by atomic mass is 10.1. The smallest absolute Gasteiger partial charge is 0.259 e. The molecule has 1 aromatic carbocycles. The summed E-state index contributed by atoms with van der Waals surface area (Å²) in [6.45, 7) is 2.47. The van der Waals surface area contributed by atoms with Crippen LogP contribution in [0, 0.1) is 0 Å². The quantitative estimate of drug-likeness (QED) is 0.693. The first-order valence-corrected chi connectivity index (χ1v) is 7.50. The number of para-hydroxylation sites is 2. The van der Waals surface area contributed by atoms with Crippen LogP contribution in [0.3, 0.4) is 0 Å². The number of carbonyl (C=O) groups is 1. The van der Waals surface area contributed by atoms with Gasteiger partial charge in [-0.15, -0.1) is 0 Å². The summed E-state index contributed by atoms with van der Waals surface area (Å²) in [5, 5.41) is 0.761. The Morgan fingerprint density at radius 1 is 1.22 bits per heavy atom. The van der Waals surface area contributed by atoms with Gasteiger partial charge in [0.05, 0.1) is 23.3 Å². The number of hydrogen-bond acceptors (Lipinski definition) is 4. The highest BCUT2D eigenvalue weighted by Gasteiger charge is 2.28. The molecule has 1 aliphatic heterocycles. The molecule has 5 nitrogen and oxygen atoms in total. The Kier molecular flexibility index (Phi) is 3.19. The maximum atomic E-state index is 13.1. The van der Waals surface area contributed by atoms with E-state index >= 15 is 0 Å². The number of nitrogens with zero attached hydrogens (tertiary/aromatic N) is 3. The average molecular weight is 305 g/mol. The molecular formula is C18H15N3O2. The standard InChI is InChI=1S/C18H15N3O2/c1-12-11-21(16-4-2-3-5-17(16)23-12)18(22)13-6-9-20-15-7-8-19-10-14(13)15/h2-10,12H,11H2,1H3. The summed E-state index contributed by atoms with van der Waals surface area (Å²) in [6, 6.07) is 11.2. The number of anilines is 1. The summed E-state index contributed by atoms with van der Waals surface area (Å²) < 4.78 is 5.82. The van der Waals surface area contributed by atoms with Crippen LogP contribution < -0.4 is 9.64 Å². The molecule has 5 heteroatoms. The fourth-order valence-electron chi connectivity index (χ4n) is 2.90. The zero-order valence-electron chi connectivity index (χ0n) is 12.6. The minimum Gasteiger partial charge on any atom is -0.487 e. The lowest BCUT2D eigenvalue weighted by molar-refractivity contribution is 0.0962. The van der Waals surface area contributed by atoms with Gasteiger partial charge in [-0.1, -0.05) is 12.1 Å². The van der Waals surface area contributed by atoms with Crippen LogP contribution in [0.15, 0.2) is 55.0 Å². The van der Waals surface area contributed by atoms with Gasteiger partial charge in [0.15, 0.2) is 0 Å². The molecular weight excluding hydrogens is 290 g/mol. The Morgan fingerprint density at radius 2 is 2.09 bits per heavy atom. The average Bonchev–Trinajstić information content (AvgIpc) is 2.60. The predicted octanol–water partition coefficient (Wildman–Crippen LogP) is 3.06. The number of hydrogen-bond donors (Lipinski definition) is 0. The Balaban J connectivity index is 1.83. The van der Waals surface area contributed by atoms with Crippen LogP contribution in [-0.2, 0) is 0 Å². The van der Waals surface area contributed by atoms with Crippen LogP contribution >= 0.6 is 0 Å². The predicted molar refractivity (Wildman–Crippen MR) is 87.7 cm³/mol. The fourth-order valence-corrected chi connectivity index (χ4v) is 2.90. The van der Waals surface area contributed by atoms with Crippen LogP contribution in [0.2, 0.25) is 0 Å². The van der Waals surface area contributed by atoms with Crippen LogP contribution in [-0.4, -0.2) is 28.5 Å². The summed E-state index contributed by atoms with van der Waals surface area (Å²) in [7, 11) is 0. The first kappa shape index (κ1) is 13.7. The fraction of sp³-hybridized carbons (Fsp3) is 0.167. The van der Waals surface area contributed by atoms with Gasteiger partial charge in [-0.3, -0.25) is 14.8 Å². The van der Waals surface area contributed by atoms with Crippen LogP contribution in [0.4, 0.5) is 5.69 Å². The van der Waals surface area contributed by atoms with Crippen molar-refractivity contribution >= 4 is 22.5 Å². The maximum Gasteiger partial charge on any atom is 0.259 e. The van der Waals surface area contributed by atoms with Gasteiger partial charge in [-0.05, 0) is 31.2 Å². The maximum absolute atomic E-state index is 13.1. The number of amides is 1. The summed E-state index contributed by atoms with van der Waals surface area (Å²) in [5.41, 5.74) is 2.16. The minimum atomic E-state index is -0.0620.